The van der Waals surface area contributed by atoms with E-state index in [1.54, 1.807) is 36.5 Å². The lowest BCUT2D eigenvalue weighted by Gasteiger charge is -2.08. The van der Waals surface area contributed by atoms with E-state index in [4.69, 9.17) is 0 Å². The topological polar surface area (TPSA) is 69.0 Å². The van der Waals surface area contributed by atoms with E-state index in [-0.39, 0.29) is 10.6 Å². The molecule has 0 N–H and O–H groups in total. The molecule has 0 amide bonds. The number of fused-ring (bicyclic) bond motifs is 1. The third kappa shape index (κ3) is 1.81. The van der Waals surface area contributed by atoms with E-state index in [1.807, 2.05) is 0 Å². The summed E-state index contributed by atoms with van der Waals surface area (Å²) in [4.78, 5) is 15.4. The van der Waals surface area contributed by atoms with E-state index in [2.05, 4.69) is 4.98 Å². The minimum absolute atomic E-state index is 0.0579. The van der Waals surface area contributed by atoms with Crippen molar-refractivity contribution in [1.29, 1.82) is 0 Å². The molecule has 0 saturated heterocycles. The number of nitrogens with zero attached hydrogens (tertiary/aromatic N) is 2. The van der Waals surface area contributed by atoms with Crippen molar-refractivity contribution in [2.75, 3.05) is 0 Å². The van der Waals surface area contributed by atoms with Gasteiger partial charge in [0.25, 0.3) is 10.0 Å². The van der Waals surface area contributed by atoms with Crippen LogP contribution in [0.2, 0.25) is 0 Å². The second-order valence-electron chi connectivity index (χ2n) is 4.18. The second kappa shape index (κ2) is 4.57. The highest BCUT2D eigenvalue weighted by Gasteiger charge is 2.22. The molecule has 0 spiro atoms. The number of aldehydes is 1. The van der Waals surface area contributed by atoms with Crippen LogP contribution in [-0.2, 0) is 10.0 Å². The SMILES string of the molecule is O=Cc1cc2ncccc2n1S(=O)(=O)c1ccccc1. The maximum Gasteiger partial charge on any atom is 0.268 e. The summed E-state index contributed by atoms with van der Waals surface area (Å²) in [5, 5.41) is 0. The Bertz CT molecular complexity index is 883. The van der Waals surface area contributed by atoms with Crippen LogP contribution in [0.15, 0.2) is 59.6 Å². The van der Waals surface area contributed by atoms with Gasteiger partial charge in [-0.05, 0) is 30.3 Å². The van der Waals surface area contributed by atoms with Crippen molar-refractivity contribution in [3.8, 4) is 0 Å². The van der Waals surface area contributed by atoms with Crippen LogP contribution in [0.3, 0.4) is 0 Å². The van der Waals surface area contributed by atoms with Crippen molar-refractivity contribution < 1.29 is 13.2 Å². The van der Waals surface area contributed by atoms with E-state index < -0.39 is 10.0 Å². The zero-order valence-electron chi connectivity index (χ0n) is 10.3. The smallest absolute Gasteiger partial charge is 0.268 e. The third-order valence-electron chi connectivity index (χ3n) is 2.96. The molecule has 0 fully saturated rings. The van der Waals surface area contributed by atoms with Gasteiger partial charge in [0, 0.05) is 6.20 Å². The minimum Gasteiger partial charge on any atom is -0.296 e. The highest BCUT2D eigenvalue weighted by Crippen LogP contribution is 2.23. The van der Waals surface area contributed by atoms with Gasteiger partial charge in [0.2, 0.25) is 0 Å². The second-order valence-corrected chi connectivity index (χ2v) is 5.96. The van der Waals surface area contributed by atoms with Crippen LogP contribution < -0.4 is 0 Å². The zero-order valence-corrected chi connectivity index (χ0v) is 11.1. The van der Waals surface area contributed by atoms with Crippen molar-refractivity contribution in [2.45, 2.75) is 4.90 Å². The molecule has 0 unspecified atom stereocenters. The number of carbonyl (C=O) groups excluding carboxylic acids is 1. The normalized spacial score (nSPS) is 11.6. The average molecular weight is 286 g/mol. The molecule has 0 bridgehead atoms. The summed E-state index contributed by atoms with van der Waals surface area (Å²) in [6, 6.07) is 12.7. The lowest BCUT2D eigenvalue weighted by Crippen LogP contribution is -2.15. The van der Waals surface area contributed by atoms with Crippen LogP contribution in [0.25, 0.3) is 11.0 Å². The number of carbonyl (C=O) groups is 1. The monoisotopic (exact) mass is 286 g/mol. The Morgan fingerprint density at radius 2 is 1.80 bits per heavy atom. The molecule has 20 heavy (non-hydrogen) atoms. The molecule has 2 heterocycles. The Hall–Kier alpha value is -2.47. The Labute approximate surface area is 115 Å². The molecule has 3 rings (SSSR count). The molecular formula is C14H10N2O3S. The van der Waals surface area contributed by atoms with Crippen LogP contribution in [0.4, 0.5) is 0 Å². The first-order chi connectivity index (χ1) is 9.64. The Kier molecular flexibility index (Phi) is 2.87. The summed E-state index contributed by atoms with van der Waals surface area (Å²) in [7, 11) is -3.82. The van der Waals surface area contributed by atoms with E-state index >= 15 is 0 Å². The van der Waals surface area contributed by atoms with E-state index in [9.17, 15) is 13.2 Å². The Morgan fingerprint density at radius 1 is 1.05 bits per heavy atom. The number of aromatic nitrogens is 2. The average Bonchev–Trinajstić information content (AvgIpc) is 2.87. The van der Waals surface area contributed by atoms with Gasteiger partial charge in [-0.25, -0.2) is 12.4 Å². The summed E-state index contributed by atoms with van der Waals surface area (Å²) >= 11 is 0. The van der Waals surface area contributed by atoms with Gasteiger partial charge in [0.1, 0.15) is 0 Å². The summed E-state index contributed by atoms with van der Waals surface area (Å²) in [6.07, 6.45) is 2.07. The van der Waals surface area contributed by atoms with Gasteiger partial charge in [-0.15, -0.1) is 0 Å². The van der Waals surface area contributed by atoms with E-state index in [0.717, 1.165) is 3.97 Å². The molecule has 0 aliphatic rings. The number of benzene rings is 1. The fraction of sp³-hybridized carbons (Fsp3) is 0. The lowest BCUT2D eigenvalue weighted by atomic mass is 10.4. The molecular weight excluding hydrogens is 276 g/mol. The van der Waals surface area contributed by atoms with Gasteiger partial charge >= 0.3 is 0 Å². The van der Waals surface area contributed by atoms with Gasteiger partial charge in [-0.1, -0.05) is 18.2 Å². The highest BCUT2D eigenvalue weighted by molar-refractivity contribution is 7.90. The van der Waals surface area contributed by atoms with Gasteiger partial charge in [-0.3, -0.25) is 9.78 Å². The predicted molar refractivity (Wildman–Crippen MR) is 74.1 cm³/mol. The van der Waals surface area contributed by atoms with Crippen molar-refractivity contribution in [3.05, 3.63) is 60.4 Å². The fourth-order valence-electron chi connectivity index (χ4n) is 2.08. The van der Waals surface area contributed by atoms with Crippen LogP contribution in [0.5, 0.6) is 0 Å². The number of hydrogen-bond donors (Lipinski definition) is 0. The molecule has 0 aliphatic heterocycles. The molecule has 2 aromatic heterocycles. The molecule has 0 atom stereocenters. The van der Waals surface area contributed by atoms with Crippen LogP contribution >= 0.6 is 0 Å². The third-order valence-corrected chi connectivity index (χ3v) is 4.71. The Morgan fingerprint density at radius 3 is 2.50 bits per heavy atom. The molecule has 5 nitrogen and oxygen atoms in total. The zero-order chi connectivity index (χ0) is 14.2. The summed E-state index contributed by atoms with van der Waals surface area (Å²) in [5.74, 6) is 0. The van der Waals surface area contributed by atoms with Crippen molar-refractivity contribution >= 4 is 27.3 Å². The molecule has 6 heteroatoms. The van der Waals surface area contributed by atoms with Gasteiger partial charge in [0.05, 0.1) is 21.6 Å². The standard InChI is InChI=1S/C14H10N2O3S/c17-10-11-9-13-14(7-4-8-15-13)16(11)20(18,19)12-5-2-1-3-6-12/h1-10H. The predicted octanol–water partition coefficient (Wildman–Crippen LogP) is 2.09. The molecule has 0 aliphatic carbocycles. The van der Waals surface area contributed by atoms with Gasteiger partial charge in [-0.2, -0.15) is 0 Å². The van der Waals surface area contributed by atoms with Crippen LogP contribution in [0.1, 0.15) is 10.5 Å². The van der Waals surface area contributed by atoms with Crippen LogP contribution in [-0.4, -0.2) is 23.7 Å². The maximum absolute atomic E-state index is 12.7. The van der Waals surface area contributed by atoms with Gasteiger partial charge in [0.15, 0.2) is 6.29 Å². The largest absolute Gasteiger partial charge is 0.296 e. The maximum atomic E-state index is 12.7. The fourth-order valence-corrected chi connectivity index (χ4v) is 3.58. The molecule has 1 aromatic carbocycles. The molecule has 100 valence electrons. The first-order valence-corrected chi connectivity index (χ1v) is 7.31. The van der Waals surface area contributed by atoms with Crippen molar-refractivity contribution in [1.82, 2.24) is 8.96 Å². The minimum atomic E-state index is -3.82. The van der Waals surface area contributed by atoms with E-state index in [1.165, 1.54) is 18.2 Å². The molecule has 3 aromatic rings. The molecule has 0 radical (unpaired) electrons. The number of hydrogen-bond acceptors (Lipinski definition) is 4. The van der Waals surface area contributed by atoms with Gasteiger partial charge < -0.3 is 0 Å². The first kappa shape index (κ1) is 12.6. The summed E-state index contributed by atoms with van der Waals surface area (Å²) in [5.41, 5.74) is 0.912. The Balaban J connectivity index is 2.37. The van der Waals surface area contributed by atoms with E-state index in [0.29, 0.717) is 17.3 Å². The van der Waals surface area contributed by atoms with Crippen molar-refractivity contribution in [2.24, 2.45) is 0 Å². The number of pyridine rings is 1. The highest BCUT2D eigenvalue weighted by atomic mass is 32.2. The summed E-state index contributed by atoms with van der Waals surface area (Å²) in [6.45, 7) is 0. The lowest BCUT2D eigenvalue weighted by molar-refractivity contribution is 0.111. The quantitative estimate of drug-likeness (QED) is 0.691. The summed E-state index contributed by atoms with van der Waals surface area (Å²) < 4.78 is 26.4. The van der Waals surface area contributed by atoms with Crippen molar-refractivity contribution in [3.63, 3.8) is 0 Å². The van der Waals surface area contributed by atoms with Crippen LogP contribution in [0, 0.1) is 0 Å². The molecule has 0 saturated carbocycles. The first-order valence-electron chi connectivity index (χ1n) is 5.87. The number of rotatable bonds is 3.